The summed E-state index contributed by atoms with van der Waals surface area (Å²) in [6, 6.07) is 8.46. The van der Waals surface area contributed by atoms with Crippen LogP contribution in [0.15, 0.2) is 24.3 Å². The molecule has 0 aliphatic heterocycles. The highest BCUT2D eigenvalue weighted by atomic mass is 32.2. The standard InChI is InChI=1S/C20H36N2O5S/c1-5-21(20-9-6-8-19(2)18-20)10-13-26-15-16-27-14-12-22(3,4)11-7-17-28(23,24)25/h6,8-9,18H,5,7,10-17H2,1-4H3. The number of anilines is 1. The lowest BCUT2D eigenvalue weighted by Gasteiger charge is -2.29. The van der Waals surface area contributed by atoms with Gasteiger partial charge in [0.15, 0.2) is 0 Å². The van der Waals surface area contributed by atoms with E-state index in [9.17, 15) is 13.0 Å². The zero-order chi connectivity index (χ0) is 21.0. The van der Waals surface area contributed by atoms with E-state index < -0.39 is 10.1 Å². The Hall–Kier alpha value is -1.19. The number of benzene rings is 1. The van der Waals surface area contributed by atoms with Crippen LogP contribution in [0.1, 0.15) is 18.9 Å². The van der Waals surface area contributed by atoms with Crippen molar-refractivity contribution in [3.63, 3.8) is 0 Å². The van der Waals surface area contributed by atoms with Gasteiger partial charge in [-0.3, -0.25) is 0 Å². The highest BCUT2D eigenvalue weighted by Crippen LogP contribution is 2.15. The smallest absolute Gasteiger partial charge is 0.102 e. The Labute approximate surface area is 170 Å². The van der Waals surface area contributed by atoms with Crippen molar-refractivity contribution < 1.29 is 26.9 Å². The molecule has 1 aromatic rings. The van der Waals surface area contributed by atoms with E-state index in [1.807, 2.05) is 14.1 Å². The summed E-state index contributed by atoms with van der Waals surface area (Å²) in [5.41, 5.74) is 2.47. The van der Waals surface area contributed by atoms with Crippen LogP contribution < -0.4 is 4.90 Å². The molecule has 1 aromatic carbocycles. The number of hydrogen-bond donors (Lipinski definition) is 0. The maximum atomic E-state index is 10.7. The highest BCUT2D eigenvalue weighted by molar-refractivity contribution is 7.85. The van der Waals surface area contributed by atoms with Gasteiger partial charge in [0.1, 0.15) is 6.54 Å². The molecule has 0 unspecified atom stereocenters. The molecule has 7 nitrogen and oxygen atoms in total. The third-order valence-corrected chi connectivity index (χ3v) is 5.41. The van der Waals surface area contributed by atoms with Crippen molar-refractivity contribution in [1.82, 2.24) is 0 Å². The summed E-state index contributed by atoms with van der Waals surface area (Å²) in [6.45, 7) is 9.70. The number of likely N-dealkylation sites (N-methyl/N-ethyl adjacent to an activating group) is 2. The first-order valence-electron chi connectivity index (χ1n) is 9.85. The molecule has 0 bridgehead atoms. The van der Waals surface area contributed by atoms with Crippen LogP contribution in [0, 0.1) is 6.92 Å². The minimum Gasteiger partial charge on any atom is -0.748 e. The number of rotatable bonds is 15. The Morgan fingerprint density at radius 2 is 1.75 bits per heavy atom. The second-order valence-corrected chi connectivity index (χ2v) is 9.17. The number of hydrogen-bond acceptors (Lipinski definition) is 6. The van der Waals surface area contributed by atoms with E-state index in [1.54, 1.807) is 0 Å². The third kappa shape index (κ3) is 11.6. The highest BCUT2D eigenvalue weighted by Gasteiger charge is 2.15. The fraction of sp³-hybridized carbons (Fsp3) is 0.700. The minimum atomic E-state index is -4.12. The zero-order valence-corrected chi connectivity index (χ0v) is 18.5. The van der Waals surface area contributed by atoms with Crippen LogP contribution >= 0.6 is 0 Å². The van der Waals surface area contributed by atoms with Crippen LogP contribution in [-0.2, 0) is 19.6 Å². The van der Waals surface area contributed by atoms with Crippen molar-refractivity contribution in [2.75, 3.05) is 77.4 Å². The molecule has 1 rings (SSSR count). The van der Waals surface area contributed by atoms with Gasteiger partial charge in [-0.2, -0.15) is 0 Å². The minimum absolute atomic E-state index is 0.305. The Kier molecular flexibility index (Phi) is 11.0. The van der Waals surface area contributed by atoms with Gasteiger partial charge in [0, 0.05) is 31.0 Å². The summed E-state index contributed by atoms with van der Waals surface area (Å²) in [4.78, 5) is 2.29. The van der Waals surface area contributed by atoms with Gasteiger partial charge in [-0.1, -0.05) is 12.1 Å². The number of ether oxygens (including phenoxy) is 2. The summed E-state index contributed by atoms with van der Waals surface area (Å²) < 4.78 is 43.9. The molecule has 0 aromatic heterocycles. The van der Waals surface area contributed by atoms with E-state index in [2.05, 4.69) is 43.0 Å². The average Bonchev–Trinajstić information content (AvgIpc) is 2.59. The third-order valence-electron chi connectivity index (χ3n) is 4.62. The maximum Gasteiger partial charge on any atom is 0.102 e. The first kappa shape index (κ1) is 24.8. The first-order valence-corrected chi connectivity index (χ1v) is 11.4. The van der Waals surface area contributed by atoms with Crippen LogP contribution in [0.25, 0.3) is 0 Å². The molecule has 0 spiro atoms. The molecule has 0 saturated heterocycles. The monoisotopic (exact) mass is 416 g/mol. The zero-order valence-electron chi connectivity index (χ0n) is 17.7. The Balaban J connectivity index is 2.10. The van der Waals surface area contributed by atoms with E-state index in [0.717, 1.165) is 19.6 Å². The second kappa shape index (κ2) is 12.4. The summed E-state index contributed by atoms with van der Waals surface area (Å²) >= 11 is 0. The normalized spacial score (nSPS) is 12.3. The molecule has 0 fully saturated rings. The molecular weight excluding hydrogens is 380 g/mol. The molecule has 28 heavy (non-hydrogen) atoms. The Morgan fingerprint density at radius 1 is 1.07 bits per heavy atom. The quantitative estimate of drug-likeness (QED) is 0.247. The van der Waals surface area contributed by atoms with Crippen molar-refractivity contribution in [2.24, 2.45) is 0 Å². The van der Waals surface area contributed by atoms with E-state index in [4.69, 9.17) is 9.47 Å². The predicted octanol–water partition coefficient (Wildman–Crippen LogP) is 1.87. The van der Waals surface area contributed by atoms with E-state index in [1.165, 1.54) is 11.3 Å². The van der Waals surface area contributed by atoms with Gasteiger partial charge in [0.2, 0.25) is 0 Å². The molecule has 0 saturated carbocycles. The van der Waals surface area contributed by atoms with Crippen LogP contribution in [0.5, 0.6) is 0 Å². The topological polar surface area (TPSA) is 78.9 Å². The van der Waals surface area contributed by atoms with Crippen LogP contribution in [0.2, 0.25) is 0 Å². The van der Waals surface area contributed by atoms with Gasteiger partial charge >= 0.3 is 0 Å². The van der Waals surface area contributed by atoms with Crippen molar-refractivity contribution in [1.29, 1.82) is 0 Å². The van der Waals surface area contributed by atoms with Crippen LogP contribution in [0.4, 0.5) is 5.69 Å². The van der Waals surface area contributed by atoms with Crippen molar-refractivity contribution in [2.45, 2.75) is 20.3 Å². The van der Waals surface area contributed by atoms with E-state index >= 15 is 0 Å². The summed E-state index contributed by atoms with van der Waals surface area (Å²) in [5, 5.41) is 0. The Bertz CT molecular complexity index is 664. The predicted molar refractivity (Wildman–Crippen MR) is 112 cm³/mol. The molecule has 0 atom stereocenters. The van der Waals surface area contributed by atoms with Gasteiger partial charge in [-0.25, -0.2) is 8.42 Å². The van der Waals surface area contributed by atoms with Gasteiger partial charge in [-0.15, -0.1) is 0 Å². The molecule has 0 radical (unpaired) electrons. The number of aryl methyl sites for hydroxylation is 1. The average molecular weight is 417 g/mol. The number of nitrogens with zero attached hydrogens (tertiary/aromatic N) is 2. The number of quaternary nitrogens is 1. The largest absolute Gasteiger partial charge is 0.748 e. The second-order valence-electron chi connectivity index (χ2n) is 7.64. The van der Waals surface area contributed by atoms with Gasteiger partial charge < -0.3 is 23.4 Å². The molecule has 162 valence electrons. The molecule has 0 aliphatic rings. The van der Waals surface area contributed by atoms with Crippen LogP contribution in [-0.4, -0.2) is 89.9 Å². The molecular formula is C20H36N2O5S. The van der Waals surface area contributed by atoms with Crippen LogP contribution in [0.3, 0.4) is 0 Å². The van der Waals surface area contributed by atoms with Crippen molar-refractivity contribution in [3.05, 3.63) is 29.8 Å². The summed E-state index contributed by atoms with van der Waals surface area (Å²) in [6.07, 6.45) is 0.372. The van der Waals surface area contributed by atoms with E-state index in [0.29, 0.717) is 43.9 Å². The Morgan fingerprint density at radius 3 is 2.36 bits per heavy atom. The molecule has 8 heteroatoms. The molecule has 0 aliphatic carbocycles. The maximum absolute atomic E-state index is 10.7. The van der Waals surface area contributed by atoms with E-state index in [-0.39, 0.29) is 5.75 Å². The molecule has 0 amide bonds. The van der Waals surface area contributed by atoms with Gasteiger partial charge in [0.25, 0.3) is 0 Å². The fourth-order valence-corrected chi connectivity index (χ4v) is 3.37. The fourth-order valence-electron chi connectivity index (χ4n) is 2.88. The lowest BCUT2D eigenvalue weighted by atomic mass is 10.2. The van der Waals surface area contributed by atoms with Gasteiger partial charge in [0.05, 0.1) is 57.2 Å². The van der Waals surface area contributed by atoms with Gasteiger partial charge in [-0.05, 0) is 31.5 Å². The molecule has 0 N–H and O–H groups in total. The summed E-state index contributed by atoms with van der Waals surface area (Å²) in [7, 11) is -0.120. The lowest BCUT2D eigenvalue weighted by Crippen LogP contribution is -2.43. The molecule has 0 heterocycles. The van der Waals surface area contributed by atoms with Crippen molar-refractivity contribution in [3.8, 4) is 0 Å². The first-order chi connectivity index (χ1) is 13.1. The lowest BCUT2D eigenvalue weighted by molar-refractivity contribution is -0.890. The van der Waals surface area contributed by atoms with Crippen molar-refractivity contribution >= 4 is 15.8 Å². The SMILES string of the molecule is CCN(CCOCCOCC[N+](C)(C)CCCS(=O)(=O)[O-])c1cccc(C)c1. The summed E-state index contributed by atoms with van der Waals surface area (Å²) in [5.74, 6) is -0.305.